The molecule has 5 nitrogen and oxygen atoms in total. The van der Waals surface area contributed by atoms with E-state index < -0.39 is 5.97 Å². The third-order valence-electron chi connectivity index (χ3n) is 5.08. The van der Waals surface area contributed by atoms with Crippen molar-refractivity contribution < 1.29 is 9.90 Å². The second-order valence-corrected chi connectivity index (χ2v) is 6.79. The van der Waals surface area contributed by atoms with E-state index in [1.807, 2.05) is 36.4 Å². The molecule has 0 aliphatic carbocycles. The summed E-state index contributed by atoms with van der Waals surface area (Å²) in [4.78, 5) is 27.5. The first-order valence-corrected chi connectivity index (χ1v) is 8.78. The lowest BCUT2D eigenvalue weighted by atomic mass is 9.78. The first-order chi connectivity index (χ1) is 12.1. The molecule has 0 spiro atoms. The van der Waals surface area contributed by atoms with E-state index in [0.29, 0.717) is 5.92 Å². The van der Waals surface area contributed by atoms with Gasteiger partial charge in [-0.25, -0.2) is 0 Å². The summed E-state index contributed by atoms with van der Waals surface area (Å²) in [6.45, 7) is 2.72. The molecule has 1 saturated heterocycles. The van der Waals surface area contributed by atoms with Crippen molar-refractivity contribution in [2.24, 2.45) is 5.92 Å². The van der Waals surface area contributed by atoms with Crippen molar-refractivity contribution in [3.05, 3.63) is 70.1 Å². The summed E-state index contributed by atoms with van der Waals surface area (Å²) in [5.41, 5.74) is 2.15. The molecule has 2 heterocycles. The minimum Gasteiger partial charge on any atom is -0.481 e. The highest BCUT2D eigenvalue weighted by molar-refractivity contribution is 5.68. The number of nitrogens with zero attached hydrogens (tertiary/aromatic N) is 1. The molecule has 0 bridgehead atoms. The van der Waals surface area contributed by atoms with E-state index >= 15 is 0 Å². The molecule has 0 radical (unpaired) electrons. The molecule has 132 valence electrons. The standard InChI is InChI=1S/C20H24N2O3/c23-19-7-6-15(13-21-19)14-22-10-8-17(9-11-22)18(12-20(24)25)16-4-2-1-3-5-16/h1-7,13,17-18H,8-12,14H2,(H,21,23)(H,24,25). The van der Waals surface area contributed by atoms with E-state index in [4.69, 9.17) is 0 Å². The summed E-state index contributed by atoms with van der Waals surface area (Å²) >= 11 is 0. The summed E-state index contributed by atoms with van der Waals surface area (Å²) < 4.78 is 0. The number of piperidine rings is 1. The number of aromatic amines is 1. The van der Waals surface area contributed by atoms with Crippen LogP contribution in [0.1, 0.15) is 36.3 Å². The van der Waals surface area contributed by atoms with Crippen molar-refractivity contribution >= 4 is 5.97 Å². The van der Waals surface area contributed by atoms with Crippen molar-refractivity contribution in [3.8, 4) is 0 Å². The van der Waals surface area contributed by atoms with Crippen LogP contribution in [0.3, 0.4) is 0 Å². The number of pyridine rings is 1. The maximum Gasteiger partial charge on any atom is 0.303 e. The molecule has 2 N–H and O–H groups in total. The SMILES string of the molecule is O=C(O)CC(c1ccccc1)C1CCN(Cc2ccc(=O)[nH]c2)CC1. The lowest BCUT2D eigenvalue weighted by molar-refractivity contribution is -0.137. The van der Waals surface area contributed by atoms with Crippen LogP contribution in [-0.4, -0.2) is 34.0 Å². The van der Waals surface area contributed by atoms with Crippen LogP contribution < -0.4 is 5.56 Å². The number of aromatic nitrogens is 1. The van der Waals surface area contributed by atoms with Gasteiger partial charge < -0.3 is 10.1 Å². The molecule has 1 aromatic carbocycles. The second kappa shape index (κ2) is 8.12. The molecule has 1 aliphatic rings. The Labute approximate surface area is 147 Å². The van der Waals surface area contributed by atoms with Gasteiger partial charge in [0.1, 0.15) is 0 Å². The molecule has 1 aliphatic heterocycles. The van der Waals surface area contributed by atoms with Crippen LogP contribution >= 0.6 is 0 Å². The van der Waals surface area contributed by atoms with Gasteiger partial charge in [0.25, 0.3) is 0 Å². The molecule has 0 amide bonds. The van der Waals surface area contributed by atoms with Crippen molar-refractivity contribution in [1.29, 1.82) is 0 Å². The van der Waals surface area contributed by atoms with Crippen LogP contribution in [0, 0.1) is 5.92 Å². The monoisotopic (exact) mass is 340 g/mol. The summed E-state index contributed by atoms with van der Waals surface area (Å²) in [7, 11) is 0. The molecule has 25 heavy (non-hydrogen) atoms. The number of aliphatic carboxylic acids is 1. The molecule has 1 aromatic heterocycles. The van der Waals surface area contributed by atoms with Gasteiger partial charge in [0.05, 0.1) is 6.42 Å². The van der Waals surface area contributed by atoms with Gasteiger partial charge in [0.15, 0.2) is 0 Å². The van der Waals surface area contributed by atoms with Gasteiger partial charge >= 0.3 is 5.97 Å². The Morgan fingerprint density at radius 1 is 1.16 bits per heavy atom. The molecule has 5 heteroatoms. The average Bonchev–Trinajstić information content (AvgIpc) is 2.63. The number of likely N-dealkylation sites (tertiary alicyclic amines) is 1. The van der Waals surface area contributed by atoms with Crippen LogP contribution in [0.2, 0.25) is 0 Å². The smallest absolute Gasteiger partial charge is 0.303 e. The molecular weight excluding hydrogens is 316 g/mol. The minimum absolute atomic E-state index is 0.0777. The zero-order chi connectivity index (χ0) is 17.6. The predicted molar refractivity (Wildman–Crippen MR) is 96.5 cm³/mol. The topological polar surface area (TPSA) is 73.4 Å². The number of hydrogen-bond donors (Lipinski definition) is 2. The summed E-state index contributed by atoms with van der Waals surface area (Å²) in [5, 5.41) is 9.31. The van der Waals surface area contributed by atoms with E-state index in [1.54, 1.807) is 12.3 Å². The van der Waals surface area contributed by atoms with E-state index in [1.165, 1.54) is 0 Å². The number of carbonyl (C=O) groups is 1. The Kier molecular flexibility index (Phi) is 5.66. The molecule has 1 unspecified atom stereocenters. The zero-order valence-corrected chi connectivity index (χ0v) is 14.2. The fourth-order valence-electron chi connectivity index (χ4n) is 3.76. The van der Waals surface area contributed by atoms with Crippen LogP contribution in [0.5, 0.6) is 0 Å². The first-order valence-electron chi connectivity index (χ1n) is 8.78. The Balaban J connectivity index is 1.61. The molecule has 3 rings (SSSR count). The normalized spacial score (nSPS) is 17.3. The van der Waals surface area contributed by atoms with Gasteiger partial charge in [-0.2, -0.15) is 0 Å². The third kappa shape index (κ3) is 4.79. The first kappa shape index (κ1) is 17.4. The van der Waals surface area contributed by atoms with Gasteiger partial charge in [0, 0.05) is 18.8 Å². The van der Waals surface area contributed by atoms with E-state index in [-0.39, 0.29) is 17.9 Å². The maximum atomic E-state index is 11.3. The molecular formula is C20H24N2O3. The highest BCUT2D eigenvalue weighted by atomic mass is 16.4. The van der Waals surface area contributed by atoms with Crippen LogP contribution in [0.15, 0.2) is 53.5 Å². The quantitative estimate of drug-likeness (QED) is 0.848. The second-order valence-electron chi connectivity index (χ2n) is 6.79. The predicted octanol–water partition coefficient (Wildman–Crippen LogP) is 2.85. The van der Waals surface area contributed by atoms with E-state index in [2.05, 4.69) is 9.88 Å². The number of benzene rings is 1. The van der Waals surface area contributed by atoms with Crippen LogP contribution in [-0.2, 0) is 11.3 Å². The Bertz CT molecular complexity index is 729. The third-order valence-corrected chi connectivity index (χ3v) is 5.08. The maximum absolute atomic E-state index is 11.3. The zero-order valence-electron chi connectivity index (χ0n) is 14.2. The minimum atomic E-state index is -0.732. The van der Waals surface area contributed by atoms with Gasteiger partial charge in [0.2, 0.25) is 5.56 Å². The number of rotatable bonds is 6. The van der Waals surface area contributed by atoms with Gasteiger partial charge in [-0.1, -0.05) is 36.4 Å². The van der Waals surface area contributed by atoms with E-state index in [9.17, 15) is 14.7 Å². The van der Waals surface area contributed by atoms with E-state index in [0.717, 1.165) is 43.6 Å². The average molecular weight is 340 g/mol. The van der Waals surface area contributed by atoms with Crippen molar-refractivity contribution in [1.82, 2.24) is 9.88 Å². The largest absolute Gasteiger partial charge is 0.481 e. The number of hydrogen-bond acceptors (Lipinski definition) is 3. The Hall–Kier alpha value is -2.40. The number of nitrogens with one attached hydrogen (secondary N) is 1. The fourth-order valence-corrected chi connectivity index (χ4v) is 3.76. The van der Waals surface area contributed by atoms with Gasteiger partial charge in [-0.15, -0.1) is 0 Å². The fraction of sp³-hybridized carbons (Fsp3) is 0.400. The van der Waals surface area contributed by atoms with Gasteiger partial charge in [-0.05, 0) is 48.9 Å². The summed E-state index contributed by atoms with van der Waals surface area (Å²) in [5.74, 6) is -0.260. The van der Waals surface area contributed by atoms with Gasteiger partial charge in [-0.3, -0.25) is 14.5 Å². The van der Waals surface area contributed by atoms with Crippen molar-refractivity contribution in [2.75, 3.05) is 13.1 Å². The lowest BCUT2D eigenvalue weighted by Crippen LogP contribution is -2.35. The number of carboxylic acids is 1. The van der Waals surface area contributed by atoms with Crippen molar-refractivity contribution in [2.45, 2.75) is 31.7 Å². The number of H-pyrrole nitrogens is 1. The molecule has 1 fully saturated rings. The Morgan fingerprint density at radius 2 is 1.88 bits per heavy atom. The Morgan fingerprint density at radius 3 is 2.48 bits per heavy atom. The highest BCUT2D eigenvalue weighted by Crippen LogP contribution is 2.35. The van der Waals surface area contributed by atoms with Crippen molar-refractivity contribution in [3.63, 3.8) is 0 Å². The molecule has 2 aromatic rings. The highest BCUT2D eigenvalue weighted by Gasteiger charge is 2.29. The summed E-state index contributed by atoms with van der Waals surface area (Å²) in [6, 6.07) is 13.4. The summed E-state index contributed by atoms with van der Waals surface area (Å²) in [6.07, 6.45) is 3.95. The lowest BCUT2D eigenvalue weighted by Gasteiger charge is -2.36. The van der Waals surface area contributed by atoms with Crippen LogP contribution in [0.4, 0.5) is 0 Å². The number of carboxylic acid groups (broad SMARTS) is 1. The van der Waals surface area contributed by atoms with Crippen LogP contribution in [0.25, 0.3) is 0 Å². The molecule has 1 atom stereocenters. The molecule has 0 saturated carbocycles.